The normalized spacial score (nSPS) is 13.2. The number of amides is 2. The number of carboxylic acids is 1. The molecule has 0 aliphatic rings. The molecule has 7 nitrogen and oxygen atoms in total. The Kier molecular flexibility index (Phi) is 6.90. The fourth-order valence-electron chi connectivity index (χ4n) is 2.81. The molecule has 0 spiro atoms. The van der Waals surface area contributed by atoms with Crippen LogP contribution in [0.3, 0.4) is 0 Å². The van der Waals surface area contributed by atoms with Gasteiger partial charge in [0.25, 0.3) is 5.91 Å². The molecular weight excluding hydrogens is 366 g/mol. The lowest BCUT2D eigenvalue weighted by atomic mass is 10.2. The number of hydrogen-bond acceptors (Lipinski definition) is 4. The first-order chi connectivity index (χ1) is 12.7. The van der Waals surface area contributed by atoms with Crippen molar-refractivity contribution < 1.29 is 19.5 Å². The zero-order valence-corrected chi connectivity index (χ0v) is 16.7. The van der Waals surface area contributed by atoms with Gasteiger partial charge in [0.1, 0.15) is 17.8 Å². The topological polar surface area (TPSA) is 100 Å². The van der Waals surface area contributed by atoms with Gasteiger partial charge in [0.05, 0.1) is 0 Å². The third kappa shape index (κ3) is 5.03. The van der Waals surface area contributed by atoms with Crippen LogP contribution in [0.25, 0.3) is 10.9 Å². The van der Waals surface area contributed by atoms with E-state index in [1.807, 2.05) is 31.4 Å². The molecule has 0 saturated carbocycles. The van der Waals surface area contributed by atoms with Crippen LogP contribution in [-0.4, -0.2) is 51.5 Å². The van der Waals surface area contributed by atoms with E-state index in [0.717, 1.165) is 16.5 Å². The standard InChI is InChI=1S/C19H25N3O4S/c1-11-5-6-15-13(9-11)10-16(22(15)3)18(24)20-12(2)17(23)21-14(19(25)26)7-8-27-4/h5-6,9-10,12,14H,7-8H2,1-4H3,(H,20,24)(H,21,23)(H,25,26). The highest BCUT2D eigenvalue weighted by Gasteiger charge is 2.24. The molecule has 1 aromatic carbocycles. The van der Waals surface area contributed by atoms with Crippen LogP contribution in [0.2, 0.25) is 0 Å². The van der Waals surface area contributed by atoms with Gasteiger partial charge in [-0.15, -0.1) is 0 Å². The van der Waals surface area contributed by atoms with Crippen molar-refractivity contribution in [2.75, 3.05) is 12.0 Å². The molecule has 27 heavy (non-hydrogen) atoms. The molecule has 0 aliphatic heterocycles. The number of carboxylic acid groups (broad SMARTS) is 1. The molecular formula is C19H25N3O4S. The van der Waals surface area contributed by atoms with Gasteiger partial charge in [0.15, 0.2) is 0 Å². The maximum absolute atomic E-state index is 12.6. The Morgan fingerprint density at radius 1 is 1.22 bits per heavy atom. The van der Waals surface area contributed by atoms with Crippen LogP contribution >= 0.6 is 11.8 Å². The van der Waals surface area contributed by atoms with Crippen LogP contribution in [-0.2, 0) is 16.6 Å². The van der Waals surface area contributed by atoms with Crippen molar-refractivity contribution in [3.8, 4) is 0 Å². The number of aromatic nitrogens is 1. The van der Waals surface area contributed by atoms with Crippen molar-refractivity contribution in [3.05, 3.63) is 35.5 Å². The molecule has 0 bridgehead atoms. The van der Waals surface area contributed by atoms with Crippen LogP contribution in [0, 0.1) is 6.92 Å². The number of nitrogens with zero attached hydrogens (tertiary/aromatic N) is 1. The van der Waals surface area contributed by atoms with Gasteiger partial charge in [-0.3, -0.25) is 9.59 Å². The number of nitrogens with one attached hydrogen (secondary N) is 2. The number of aryl methyl sites for hydroxylation is 2. The molecule has 0 saturated heterocycles. The number of rotatable bonds is 8. The van der Waals surface area contributed by atoms with Crippen molar-refractivity contribution in [2.24, 2.45) is 7.05 Å². The summed E-state index contributed by atoms with van der Waals surface area (Å²) < 4.78 is 1.77. The second-order valence-electron chi connectivity index (χ2n) is 6.53. The highest BCUT2D eigenvalue weighted by Crippen LogP contribution is 2.20. The SMILES string of the molecule is CSCCC(NC(=O)C(C)NC(=O)c1cc2cc(C)ccc2n1C)C(=O)O. The summed E-state index contributed by atoms with van der Waals surface area (Å²) in [5, 5.41) is 15.3. The largest absolute Gasteiger partial charge is 0.480 e. The number of hydrogen-bond donors (Lipinski definition) is 3. The smallest absolute Gasteiger partial charge is 0.326 e. The molecule has 0 radical (unpaired) electrons. The van der Waals surface area contributed by atoms with Crippen molar-refractivity contribution in [2.45, 2.75) is 32.4 Å². The summed E-state index contributed by atoms with van der Waals surface area (Å²) in [6, 6.07) is 5.87. The average molecular weight is 391 g/mol. The molecule has 1 aromatic heterocycles. The zero-order valence-electron chi connectivity index (χ0n) is 15.9. The summed E-state index contributed by atoms with van der Waals surface area (Å²) in [6.45, 7) is 3.52. The van der Waals surface area contributed by atoms with Crippen molar-refractivity contribution in [1.29, 1.82) is 0 Å². The van der Waals surface area contributed by atoms with Crippen molar-refractivity contribution in [1.82, 2.24) is 15.2 Å². The molecule has 2 unspecified atom stereocenters. The third-order valence-electron chi connectivity index (χ3n) is 4.40. The zero-order chi connectivity index (χ0) is 20.1. The minimum Gasteiger partial charge on any atom is -0.480 e. The molecule has 0 aliphatic carbocycles. The fourth-order valence-corrected chi connectivity index (χ4v) is 3.28. The molecule has 1 heterocycles. The van der Waals surface area contributed by atoms with Gasteiger partial charge >= 0.3 is 5.97 Å². The van der Waals surface area contributed by atoms with E-state index in [4.69, 9.17) is 0 Å². The van der Waals surface area contributed by atoms with E-state index in [2.05, 4.69) is 10.6 Å². The van der Waals surface area contributed by atoms with Crippen molar-refractivity contribution in [3.63, 3.8) is 0 Å². The Morgan fingerprint density at radius 2 is 1.93 bits per heavy atom. The Balaban J connectivity index is 2.07. The van der Waals surface area contributed by atoms with E-state index in [9.17, 15) is 19.5 Å². The number of carbonyl (C=O) groups excluding carboxylic acids is 2. The first-order valence-electron chi connectivity index (χ1n) is 8.63. The summed E-state index contributed by atoms with van der Waals surface area (Å²) in [7, 11) is 1.79. The van der Waals surface area contributed by atoms with Gasteiger partial charge in [-0.25, -0.2) is 4.79 Å². The van der Waals surface area contributed by atoms with Gasteiger partial charge in [-0.1, -0.05) is 11.6 Å². The second kappa shape index (κ2) is 8.94. The predicted molar refractivity (Wildman–Crippen MR) is 107 cm³/mol. The van der Waals surface area contributed by atoms with Crippen LogP contribution < -0.4 is 10.6 Å². The molecule has 2 aromatic rings. The lowest BCUT2D eigenvalue weighted by Gasteiger charge is -2.18. The minimum absolute atomic E-state index is 0.325. The van der Waals surface area contributed by atoms with E-state index in [0.29, 0.717) is 17.9 Å². The van der Waals surface area contributed by atoms with Crippen LogP contribution in [0.4, 0.5) is 0 Å². The highest BCUT2D eigenvalue weighted by molar-refractivity contribution is 7.98. The number of carbonyl (C=O) groups is 3. The first kappa shape index (κ1) is 20.8. The van der Waals surface area contributed by atoms with E-state index < -0.39 is 24.0 Å². The Hall–Kier alpha value is -2.48. The van der Waals surface area contributed by atoms with E-state index in [1.54, 1.807) is 17.7 Å². The summed E-state index contributed by atoms with van der Waals surface area (Å²) in [4.78, 5) is 36.1. The molecule has 2 atom stereocenters. The average Bonchev–Trinajstić information content (AvgIpc) is 2.94. The fraction of sp³-hybridized carbons (Fsp3) is 0.421. The number of thioether (sulfide) groups is 1. The Morgan fingerprint density at radius 3 is 2.56 bits per heavy atom. The summed E-state index contributed by atoms with van der Waals surface area (Å²) in [5.41, 5.74) is 2.45. The van der Waals surface area contributed by atoms with Gasteiger partial charge in [-0.05, 0) is 50.5 Å². The lowest BCUT2D eigenvalue weighted by molar-refractivity contribution is -0.142. The Labute approximate surface area is 162 Å². The molecule has 3 N–H and O–H groups in total. The third-order valence-corrected chi connectivity index (χ3v) is 5.04. The number of aliphatic carboxylic acids is 1. The minimum atomic E-state index is -1.08. The van der Waals surface area contributed by atoms with Crippen LogP contribution in [0.1, 0.15) is 29.4 Å². The van der Waals surface area contributed by atoms with E-state index in [-0.39, 0.29) is 5.91 Å². The highest BCUT2D eigenvalue weighted by atomic mass is 32.2. The summed E-state index contributed by atoms with van der Waals surface area (Å²) in [5.74, 6) is -1.37. The maximum atomic E-state index is 12.6. The molecule has 146 valence electrons. The lowest BCUT2D eigenvalue weighted by Crippen LogP contribution is -2.50. The van der Waals surface area contributed by atoms with Crippen LogP contribution in [0.5, 0.6) is 0 Å². The van der Waals surface area contributed by atoms with Gasteiger partial charge in [0.2, 0.25) is 5.91 Å². The quantitative estimate of drug-likeness (QED) is 0.638. The molecule has 2 amide bonds. The Bertz CT molecular complexity index is 862. The molecule has 8 heteroatoms. The van der Waals surface area contributed by atoms with E-state index >= 15 is 0 Å². The molecule has 0 fully saturated rings. The van der Waals surface area contributed by atoms with Crippen LogP contribution in [0.15, 0.2) is 24.3 Å². The second-order valence-corrected chi connectivity index (χ2v) is 7.51. The van der Waals surface area contributed by atoms with Gasteiger partial charge in [0, 0.05) is 18.0 Å². The molecule has 2 rings (SSSR count). The van der Waals surface area contributed by atoms with Crippen molar-refractivity contribution >= 4 is 40.4 Å². The first-order valence-corrected chi connectivity index (χ1v) is 10.0. The monoisotopic (exact) mass is 391 g/mol. The summed E-state index contributed by atoms with van der Waals surface area (Å²) in [6.07, 6.45) is 2.19. The van der Waals surface area contributed by atoms with Gasteiger partial charge in [-0.2, -0.15) is 11.8 Å². The maximum Gasteiger partial charge on any atom is 0.326 e. The van der Waals surface area contributed by atoms with Gasteiger partial charge < -0.3 is 20.3 Å². The van der Waals surface area contributed by atoms with E-state index in [1.165, 1.54) is 18.7 Å². The number of fused-ring (bicyclic) bond motifs is 1. The summed E-state index contributed by atoms with van der Waals surface area (Å²) >= 11 is 1.51. The predicted octanol–water partition coefficient (Wildman–Crippen LogP) is 1.93. The number of benzene rings is 1.